The molecule has 0 spiro atoms. The standard InChI is InChI=1S/C21H28N6O4S/c1-15(2)13-26-20(24-8-10-31-11-9-24)22-23-21(26)32-14-19(28)25-7-3-4-16-12-17(27(29)30)5-6-18(16)25/h5-6,12,15H,3-4,7-11,13-14H2,1-2H3. The van der Waals surface area contributed by atoms with Crippen LogP contribution in [0.4, 0.5) is 17.3 Å². The molecule has 0 atom stereocenters. The second-order valence-corrected chi connectivity index (χ2v) is 9.34. The number of ether oxygens (including phenoxy) is 1. The lowest BCUT2D eigenvalue weighted by atomic mass is 10.0. The lowest BCUT2D eigenvalue weighted by Gasteiger charge is -2.29. The van der Waals surface area contributed by atoms with Gasteiger partial charge in [-0.1, -0.05) is 25.6 Å². The highest BCUT2D eigenvalue weighted by Crippen LogP contribution is 2.32. The van der Waals surface area contributed by atoms with Gasteiger partial charge in [0.1, 0.15) is 0 Å². The summed E-state index contributed by atoms with van der Waals surface area (Å²) in [7, 11) is 0. The number of thioether (sulfide) groups is 1. The number of carbonyl (C=O) groups is 1. The number of aryl methyl sites for hydroxylation is 1. The molecule has 4 rings (SSSR count). The molecule has 172 valence electrons. The van der Waals surface area contributed by atoms with Gasteiger partial charge in [0.15, 0.2) is 5.16 Å². The summed E-state index contributed by atoms with van der Waals surface area (Å²) in [6.07, 6.45) is 1.52. The van der Waals surface area contributed by atoms with Crippen LogP contribution in [-0.2, 0) is 22.5 Å². The number of hydrogen-bond donors (Lipinski definition) is 0. The number of hydrogen-bond acceptors (Lipinski definition) is 8. The van der Waals surface area contributed by atoms with Crippen molar-refractivity contribution in [1.82, 2.24) is 14.8 Å². The van der Waals surface area contributed by atoms with Crippen LogP contribution < -0.4 is 9.80 Å². The third-order valence-corrected chi connectivity index (χ3v) is 6.51. The Balaban J connectivity index is 1.49. The number of aromatic nitrogens is 3. The Morgan fingerprint density at radius 1 is 1.25 bits per heavy atom. The Hall–Kier alpha value is -2.66. The van der Waals surface area contributed by atoms with E-state index in [-0.39, 0.29) is 17.3 Å². The average molecular weight is 461 g/mol. The molecular formula is C21H28N6O4S. The Morgan fingerprint density at radius 2 is 2.03 bits per heavy atom. The normalized spacial score (nSPS) is 16.3. The molecule has 3 heterocycles. The number of nitro groups is 1. The van der Waals surface area contributed by atoms with Crippen LogP contribution in [0.3, 0.4) is 0 Å². The monoisotopic (exact) mass is 460 g/mol. The van der Waals surface area contributed by atoms with Crippen molar-refractivity contribution in [3.05, 3.63) is 33.9 Å². The van der Waals surface area contributed by atoms with E-state index in [2.05, 4.69) is 33.5 Å². The summed E-state index contributed by atoms with van der Waals surface area (Å²) < 4.78 is 7.55. The molecule has 1 amide bonds. The molecular weight excluding hydrogens is 432 g/mol. The topological polar surface area (TPSA) is 107 Å². The molecule has 11 heteroatoms. The van der Waals surface area contributed by atoms with Crippen molar-refractivity contribution < 1.29 is 14.5 Å². The van der Waals surface area contributed by atoms with Gasteiger partial charge in [0, 0.05) is 44.0 Å². The average Bonchev–Trinajstić information content (AvgIpc) is 3.18. The Bertz CT molecular complexity index is 989. The van der Waals surface area contributed by atoms with Crippen LogP contribution in [0.25, 0.3) is 0 Å². The zero-order chi connectivity index (χ0) is 22.7. The van der Waals surface area contributed by atoms with Crippen molar-refractivity contribution in [1.29, 1.82) is 0 Å². The quantitative estimate of drug-likeness (QED) is 0.353. The molecule has 0 saturated carbocycles. The summed E-state index contributed by atoms with van der Waals surface area (Å²) in [5.74, 6) is 1.44. The molecule has 1 aromatic carbocycles. The van der Waals surface area contributed by atoms with Crippen LogP contribution in [0.5, 0.6) is 0 Å². The van der Waals surface area contributed by atoms with E-state index < -0.39 is 4.92 Å². The minimum Gasteiger partial charge on any atom is -0.378 e. The molecule has 10 nitrogen and oxygen atoms in total. The summed E-state index contributed by atoms with van der Waals surface area (Å²) in [6.45, 7) is 8.56. The van der Waals surface area contributed by atoms with E-state index in [1.165, 1.54) is 17.8 Å². The van der Waals surface area contributed by atoms with Gasteiger partial charge in [-0.05, 0) is 30.4 Å². The van der Waals surface area contributed by atoms with E-state index in [0.717, 1.165) is 54.8 Å². The number of fused-ring (bicyclic) bond motifs is 1. The lowest BCUT2D eigenvalue weighted by Crippen LogP contribution is -2.38. The zero-order valence-electron chi connectivity index (χ0n) is 18.4. The molecule has 0 unspecified atom stereocenters. The van der Waals surface area contributed by atoms with Gasteiger partial charge in [0.2, 0.25) is 11.9 Å². The fraction of sp³-hybridized carbons (Fsp3) is 0.571. The third kappa shape index (κ3) is 4.88. The van der Waals surface area contributed by atoms with Gasteiger partial charge in [-0.3, -0.25) is 19.5 Å². The second kappa shape index (κ2) is 9.86. The second-order valence-electron chi connectivity index (χ2n) is 8.39. The summed E-state index contributed by atoms with van der Waals surface area (Å²) in [5, 5.41) is 20.6. The first-order valence-electron chi connectivity index (χ1n) is 10.9. The maximum atomic E-state index is 13.1. The number of rotatable bonds is 7. The minimum atomic E-state index is -0.398. The van der Waals surface area contributed by atoms with E-state index in [1.807, 2.05) is 0 Å². The van der Waals surface area contributed by atoms with Crippen LogP contribution in [0.1, 0.15) is 25.8 Å². The maximum Gasteiger partial charge on any atom is 0.269 e. The maximum absolute atomic E-state index is 13.1. The van der Waals surface area contributed by atoms with E-state index in [1.54, 1.807) is 17.0 Å². The molecule has 1 saturated heterocycles. The van der Waals surface area contributed by atoms with Crippen molar-refractivity contribution in [3.63, 3.8) is 0 Å². The van der Waals surface area contributed by atoms with Gasteiger partial charge < -0.3 is 14.5 Å². The summed E-state index contributed by atoms with van der Waals surface area (Å²) in [5.41, 5.74) is 1.68. The SMILES string of the molecule is CC(C)Cn1c(SCC(=O)N2CCCc3cc([N+](=O)[O-])ccc32)nnc1N1CCOCC1. The summed E-state index contributed by atoms with van der Waals surface area (Å²) >= 11 is 1.39. The van der Waals surface area contributed by atoms with E-state index >= 15 is 0 Å². The Kier molecular flexibility index (Phi) is 6.95. The highest BCUT2D eigenvalue weighted by molar-refractivity contribution is 7.99. The molecule has 2 aliphatic heterocycles. The first kappa shape index (κ1) is 22.5. The molecule has 0 radical (unpaired) electrons. The first-order chi connectivity index (χ1) is 15.4. The van der Waals surface area contributed by atoms with Crippen LogP contribution in [0, 0.1) is 16.0 Å². The van der Waals surface area contributed by atoms with Gasteiger partial charge in [-0.15, -0.1) is 10.2 Å². The van der Waals surface area contributed by atoms with Gasteiger partial charge in [-0.25, -0.2) is 0 Å². The fourth-order valence-corrected chi connectivity index (χ4v) is 4.89. The van der Waals surface area contributed by atoms with Crippen LogP contribution in [-0.4, -0.2) is 64.2 Å². The van der Waals surface area contributed by atoms with E-state index in [0.29, 0.717) is 25.7 Å². The zero-order valence-corrected chi connectivity index (χ0v) is 19.2. The minimum absolute atomic E-state index is 0.0307. The summed E-state index contributed by atoms with van der Waals surface area (Å²) in [4.78, 5) is 27.7. The van der Waals surface area contributed by atoms with Gasteiger partial charge in [-0.2, -0.15) is 0 Å². The Labute approximate surface area is 191 Å². The lowest BCUT2D eigenvalue weighted by molar-refractivity contribution is -0.384. The molecule has 1 fully saturated rings. The van der Waals surface area contributed by atoms with Gasteiger partial charge in [0.05, 0.1) is 23.9 Å². The van der Waals surface area contributed by atoms with Gasteiger partial charge >= 0.3 is 0 Å². The Morgan fingerprint density at radius 3 is 2.75 bits per heavy atom. The molecule has 2 aliphatic rings. The predicted octanol–water partition coefficient (Wildman–Crippen LogP) is 2.75. The molecule has 0 N–H and O–H groups in total. The van der Waals surface area contributed by atoms with Crippen molar-refractivity contribution in [2.45, 2.75) is 38.4 Å². The summed E-state index contributed by atoms with van der Waals surface area (Å²) in [6, 6.07) is 4.73. The van der Waals surface area contributed by atoms with E-state index in [4.69, 9.17) is 4.74 Å². The number of amides is 1. The van der Waals surface area contributed by atoms with Crippen molar-refractivity contribution in [2.24, 2.45) is 5.92 Å². The van der Waals surface area contributed by atoms with Crippen LogP contribution >= 0.6 is 11.8 Å². The highest BCUT2D eigenvalue weighted by atomic mass is 32.2. The van der Waals surface area contributed by atoms with Crippen LogP contribution in [0.2, 0.25) is 0 Å². The number of non-ortho nitro benzene ring substituents is 1. The predicted molar refractivity (Wildman–Crippen MR) is 122 cm³/mol. The molecule has 2 aromatic rings. The number of benzene rings is 1. The largest absolute Gasteiger partial charge is 0.378 e. The number of carbonyl (C=O) groups excluding carboxylic acids is 1. The third-order valence-electron chi connectivity index (χ3n) is 5.56. The first-order valence-corrected chi connectivity index (χ1v) is 11.9. The smallest absolute Gasteiger partial charge is 0.269 e. The fourth-order valence-electron chi connectivity index (χ4n) is 4.07. The molecule has 1 aromatic heterocycles. The molecule has 32 heavy (non-hydrogen) atoms. The van der Waals surface area contributed by atoms with Gasteiger partial charge in [0.25, 0.3) is 5.69 Å². The number of nitro benzene ring substituents is 1. The van der Waals surface area contributed by atoms with Crippen molar-refractivity contribution in [2.75, 3.05) is 48.4 Å². The molecule has 0 bridgehead atoms. The number of nitrogens with zero attached hydrogens (tertiary/aromatic N) is 6. The number of anilines is 2. The molecule has 0 aliphatic carbocycles. The van der Waals surface area contributed by atoms with Crippen molar-refractivity contribution >= 4 is 35.0 Å². The highest BCUT2D eigenvalue weighted by Gasteiger charge is 2.26. The number of morpholine rings is 1. The van der Waals surface area contributed by atoms with E-state index in [9.17, 15) is 14.9 Å². The van der Waals surface area contributed by atoms with Crippen molar-refractivity contribution in [3.8, 4) is 0 Å². The van der Waals surface area contributed by atoms with Crippen LogP contribution in [0.15, 0.2) is 23.4 Å².